The van der Waals surface area contributed by atoms with Gasteiger partial charge in [-0.2, -0.15) is 5.10 Å². The maximum absolute atomic E-state index is 11.0. The van der Waals surface area contributed by atoms with Crippen LogP contribution in [0.5, 0.6) is 11.5 Å². The van der Waals surface area contributed by atoms with Gasteiger partial charge in [-0.25, -0.2) is 10.2 Å². The van der Waals surface area contributed by atoms with Crippen LogP contribution in [0.1, 0.15) is 12.5 Å². The van der Waals surface area contributed by atoms with E-state index in [4.69, 9.17) is 4.74 Å². The molecule has 1 aromatic carbocycles. The van der Waals surface area contributed by atoms with Gasteiger partial charge in [0.2, 0.25) is 0 Å². The Hall–Kier alpha value is -1.76. The largest absolute Gasteiger partial charge is 0.504 e. The summed E-state index contributed by atoms with van der Waals surface area (Å²) < 4.78 is 10.3. The maximum Gasteiger partial charge on any atom is 0.427 e. The molecular weight excluding hydrogens is 304 g/mol. The van der Waals surface area contributed by atoms with E-state index in [1.807, 2.05) is 0 Å². The van der Waals surface area contributed by atoms with Gasteiger partial charge in [-0.3, -0.25) is 0 Å². The van der Waals surface area contributed by atoms with Crippen molar-refractivity contribution < 1.29 is 19.4 Å². The number of nitrogens with zero attached hydrogens (tertiary/aromatic N) is 1. The minimum absolute atomic E-state index is 0.0601. The molecule has 98 valence electrons. The molecule has 6 nitrogen and oxygen atoms in total. The number of benzene rings is 1. The van der Waals surface area contributed by atoms with E-state index in [2.05, 4.69) is 31.2 Å². The molecule has 0 fully saturated rings. The van der Waals surface area contributed by atoms with Gasteiger partial charge in [-0.1, -0.05) is 15.9 Å². The molecule has 0 saturated heterocycles. The summed E-state index contributed by atoms with van der Waals surface area (Å²) in [7, 11) is 1.44. The molecule has 0 spiro atoms. The maximum atomic E-state index is 11.0. The third-order valence-corrected chi connectivity index (χ3v) is 2.38. The number of aromatic hydroxyl groups is 1. The molecule has 18 heavy (non-hydrogen) atoms. The molecule has 1 aromatic rings. The van der Waals surface area contributed by atoms with Gasteiger partial charge in [0.25, 0.3) is 0 Å². The fourth-order valence-electron chi connectivity index (χ4n) is 1.17. The number of hydrazone groups is 1. The Morgan fingerprint density at radius 2 is 2.33 bits per heavy atom. The van der Waals surface area contributed by atoms with E-state index in [0.717, 1.165) is 4.47 Å². The predicted octanol–water partition coefficient (Wildman–Crippen LogP) is 2.24. The lowest BCUT2D eigenvalue weighted by atomic mass is 10.2. The zero-order valence-corrected chi connectivity index (χ0v) is 11.5. The SMILES string of the molecule is CCOC(=O)N/N=C/c1cc(Br)cc(OC)c1O. The summed E-state index contributed by atoms with van der Waals surface area (Å²) in [6.07, 6.45) is 0.634. The minimum Gasteiger partial charge on any atom is -0.504 e. The Labute approximate surface area is 113 Å². The lowest BCUT2D eigenvalue weighted by Gasteiger charge is -2.06. The highest BCUT2D eigenvalue weighted by molar-refractivity contribution is 9.10. The van der Waals surface area contributed by atoms with E-state index in [-0.39, 0.29) is 12.4 Å². The van der Waals surface area contributed by atoms with Gasteiger partial charge in [0.1, 0.15) is 0 Å². The molecule has 2 N–H and O–H groups in total. The highest BCUT2D eigenvalue weighted by Gasteiger charge is 2.08. The molecule has 0 heterocycles. The van der Waals surface area contributed by atoms with Crippen LogP contribution in [-0.2, 0) is 4.74 Å². The van der Waals surface area contributed by atoms with Crippen LogP contribution < -0.4 is 10.2 Å². The molecule has 0 aliphatic carbocycles. The highest BCUT2D eigenvalue weighted by Crippen LogP contribution is 2.32. The van der Waals surface area contributed by atoms with E-state index < -0.39 is 6.09 Å². The molecule has 0 unspecified atom stereocenters. The summed E-state index contributed by atoms with van der Waals surface area (Å²) in [5.41, 5.74) is 2.56. The summed E-state index contributed by atoms with van der Waals surface area (Å²) >= 11 is 3.27. The number of hydrogen-bond donors (Lipinski definition) is 2. The normalized spacial score (nSPS) is 10.4. The highest BCUT2D eigenvalue weighted by atomic mass is 79.9. The third-order valence-electron chi connectivity index (χ3n) is 1.92. The number of phenolic OH excluding ortho intramolecular Hbond substituents is 1. The Morgan fingerprint density at radius 1 is 1.61 bits per heavy atom. The molecule has 1 rings (SSSR count). The second-order valence-electron chi connectivity index (χ2n) is 3.14. The van der Waals surface area contributed by atoms with Crippen LogP contribution in [0.2, 0.25) is 0 Å². The number of carbonyl (C=O) groups excluding carboxylic acids is 1. The Kier molecular flexibility index (Phi) is 5.44. The summed E-state index contributed by atoms with van der Waals surface area (Å²) in [4.78, 5) is 11.0. The molecule has 0 saturated carbocycles. The molecular formula is C11H13BrN2O4. The molecule has 0 atom stereocenters. The number of ether oxygens (including phenoxy) is 2. The van der Waals surface area contributed by atoms with Crippen molar-refractivity contribution >= 4 is 28.2 Å². The van der Waals surface area contributed by atoms with E-state index in [1.54, 1.807) is 19.1 Å². The monoisotopic (exact) mass is 316 g/mol. The van der Waals surface area contributed by atoms with E-state index in [1.165, 1.54) is 13.3 Å². The number of carbonyl (C=O) groups is 1. The second kappa shape index (κ2) is 6.85. The van der Waals surface area contributed by atoms with Gasteiger partial charge >= 0.3 is 6.09 Å². The van der Waals surface area contributed by atoms with Crippen LogP contribution in [0.4, 0.5) is 4.79 Å². The van der Waals surface area contributed by atoms with Crippen LogP contribution in [-0.4, -0.2) is 31.1 Å². The lowest BCUT2D eigenvalue weighted by Crippen LogP contribution is -2.18. The van der Waals surface area contributed by atoms with Gasteiger partial charge in [0.05, 0.1) is 19.9 Å². The van der Waals surface area contributed by atoms with Crippen molar-refractivity contribution in [3.05, 3.63) is 22.2 Å². The Bertz CT molecular complexity index is 463. The zero-order chi connectivity index (χ0) is 13.5. The van der Waals surface area contributed by atoms with Crippen molar-refractivity contribution in [3.8, 4) is 11.5 Å². The van der Waals surface area contributed by atoms with E-state index in [0.29, 0.717) is 11.3 Å². The van der Waals surface area contributed by atoms with E-state index in [9.17, 15) is 9.90 Å². The first kappa shape index (κ1) is 14.3. The van der Waals surface area contributed by atoms with E-state index >= 15 is 0 Å². The second-order valence-corrected chi connectivity index (χ2v) is 4.05. The van der Waals surface area contributed by atoms with Crippen LogP contribution in [0, 0.1) is 0 Å². The van der Waals surface area contributed by atoms with Gasteiger partial charge in [-0.15, -0.1) is 0 Å². The fourth-order valence-corrected chi connectivity index (χ4v) is 1.62. The molecule has 7 heteroatoms. The number of phenols is 1. The molecule has 0 bridgehead atoms. The molecule has 1 amide bonds. The van der Waals surface area contributed by atoms with Crippen molar-refractivity contribution in [1.82, 2.24) is 5.43 Å². The smallest absolute Gasteiger partial charge is 0.427 e. The van der Waals surface area contributed by atoms with Crippen molar-refractivity contribution in [2.45, 2.75) is 6.92 Å². The van der Waals surface area contributed by atoms with Crippen molar-refractivity contribution in [2.75, 3.05) is 13.7 Å². The summed E-state index contributed by atoms with van der Waals surface area (Å²) in [6, 6.07) is 3.25. The van der Waals surface area contributed by atoms with Gasteiger partial charge in [0.15, 0.2) is 11.5 Å². The third kappa shape index (κ3) is 3.92. The summed E-state index contributed by atoms with van der Waals surface area (Å²) in [5, 5.41) is 13.5. The topological polar surface area (TPSA) is 80.2 Å². The summed E-state index contributed by atoms with van der Waals surface area (Å²) in [5.74, 6) is 0.247. The molecule has 0 aliphatic heterocycles. The standard InChI is InChI=1S/C11H13BrN2O4/c1-3-18-11(16)14-13-6-7-4-8(12)5-9(17-2)10(7)15/h4-6,15H,3H2,1-2H3,(H,14,16)/b13-6+. The fraction of sp³-hybridized carbons (Fsp3) is 0.273. The minimum atomic E-state index is -0.657. The first-order chi connectivity index (χ1) is 8.58. The van der Waals surface area contributed by atoms with Gasteiger partial charge in [0, 0.05) is 10.0 Å². The average molecular weight is 317 g/mol. The van der Waals surface area contributed by atoms with Gasteiger partial charge < -0.3 is 14.6 Å². The Balaban J connectivity index is 2.81. The number of nitrogens with one attached hydrogen (secondary N) is 1. The first-order valence-electron chi connectivity index (χ1n) is 5.10. The molecule has 0 aromatic heterocycles. The number of methoxy groups -OCH3 is 1. The lowest BCUT2D eigenvalue weighted by molar-refractivity contribution is 0.152. The molecule has 0 aliphatic rings. The zero-order valence-electron chi connectivity index (χ0n) is 9.94. The van der Waals surface area contributed by atoms with Crippen LogP contribution in [0.25, 0.3) is 0 Å². The summed E-state index contributed by atoms with van der Waals surface area (Å²) in [6.45, 7) is 1.95. The Morgan fingerprint density at radius 3 is 2.94 bits per heavy atom. The van der Waals surface area contributed by atoms with Crippen molar-refractivity contribution in [3.63, 3.8) is 0 Å². The number of halogens is 1. The number of hydrogen-bond acceptors (Lipinski definition) is 5. The molecule has 0 radical (unpaired) electrons. The van der Waals surface area contributed by atoms with Crippen LogP contribution >= 0.6 is 15.9 Å². The van der Waals surface area contributed by atoms with Crippen molar-refractivity contribution in [1.29, 1.82) is 0 Å². The first-order valence-corrected chi connectivity index (χ1v) is 5.90. The average Bonchev–Trinajstić information content (AvgIpc) is 2.33. The van der Waals surface area contributed by atoms with Crippen LogP contribution in [0.15, 0.2) is 21.7 Å². The number of rotatable bonds is 4. The van der Waals surface area contributed by atoms with Gasteiger partial charge in [-0.05, 0) is 19.1 Å². The van der Waals surface area contributed by atoms with Crippen molar-refractivity contribution in [2.24, 2.45) is 5.10 Å². The number of amides is 1. The quantitative estimate of drug-likeness (QED) is 0.659. The van der Waals surface area contributed by atoms with Crippen LogP contribution in [0.3, 0.4) is 0 Å². The predicted molar refractivity (Wildman–Crippen MR) is 70.1 cm³/mol.